The second-order valence-corrected chi connectivity index (χ2v) is 6.96. The van der Waals surface area contributed by atoms with Crippen LogP contribution >= 0.6 is 22.6 Å². The van der Waals surface area contributed by atoms with Gasteiger partial charge in [0.2, 0.25) is 5.79 Å². The second-order valence-electron chi connectivity index (χ2n) is 5.45. The number of methoxy groups -OCH3 is 2. The van der Waals surface area contributed by atoms with E-state index in [1.807, 2.05) is 24.3 Å². The molecule has 0 saturated carbocycles. The van der Waals surface area contributed by atoms with Gasteiger partial charge in [-0.2, -0.15) is 0 Å². The van der Waals surface area contributed by atoms with Crippen LogP contribution in [-0.4, -0.2) is 42.3 Å². The number of hydrogen-bond donors (Lipinski definition) is 0. The molecular weight excluding hydrogens is 415 g/mol. The van der Waals surface area contributed by atoms with Crippen molar-refractivity contribution >= 4 is 34.5 Å². The molecule has 0 radical (unpaired) electrons. The summed E-state index contributed by atoms with van der Waals surface area (Å²) in [6.07, 6.45) is -0.574. The van der Waals surface area contributed by atoms with Crippen molar-refractivity contribution in [3.05, 3.63) is 35.4 Å². The molecule has 1 aromatic carbocycles. The van der Waals surface area contributed by atoms with Gasteiger partial charge in [-0.05, 0) is 18.4 Å². The molecule has 0 amide bonds. The molecule has 6 nitrogen and oxygen atoms in total. The summed E-state index contributed by atoms with van der Waals surface area (Å²) in [6.45, 7) is 0. The molecule has 1 aromatic rings. The number of carbonyl (C=O) groups is 2. The molecule has 124 valence electrons. The van der Waals surface area contributed by atoms with Crippen molar-refractivity contribution in [1.29, 1.82) is 0 Å². The zero-order valence-corrected chi connectivity index (χ0v) is 14.9. The minimum Gasteiger partial charge on any atom is -0.467 e. The fourth-order valence-electron chi connectivity index (χ4n) is 3.10. The van der Waals surface area contributed by atoms with Crippen molar-refractivity contribution in [2.24, 2.45) is 0 Å². The Kier molecular flexibility index (Phi) is 4.61. The van der Waals surface area contributed by atoms with Crippen molar-refractivity contribution in [3.8, 4) is 0 Å². The number of halogens is 1. The van der Waals surface area contributed by atoms with Crippen LogP contribution in [-0.2, 0) is 40.7 Å². The van der Waals surface area contributed by atoms with Crippen LogP contribution in [0.5, 0.6) is 0 Å². The zero-order chi connectivity index (χ0) is 16.6. The van der Waals surface area contributed by atoms with Gasteiger partial charge >= 0.3 is 11.9 Å². The molecule has 1 heterocycles. The zero-order valence-electron chi connectivity index (χ0n) is 12.8. The molecular formula is C16H17IO6. The Labute approximate surface area is 147 Å². The second kappa shape index (κ2) is 6.37. The molecule has 1 saturated heterocycles. The lowest BCUT2D eigenvalue weighted by molar-refractivity contribution is -0.196. The lowest BCUT2D eigenvalue weighted by atomic mass is 9.86. The van der Waals surface area contributed by atoms with E-state index in [0.717, 1.165) is 24.0 Å². The quantitative estimate of drug-likeness (QED) is 0.403. The largest absolute Gasteiger partial charge is 0.467 e. The lowest BCUT2D eigenvalue weighted by Gasteiger charge is -2.38. The van der Waals surface area contributed by atoms with E-state index in [1.54, 1.807) is 0 Å². The Hall–Kier alpha value is -1.19. The van der Waals surface area contributed by atoms with E-state index in [1.165, 1.54) is 14.2 Å². The predicted octanol–water partition coefficient (Wildman–Crippen LogP) is 1.72. The van der Waals surface area contributed by atoms with Gasteiger partial charge in [0, 0.05) is 5.56 Å². The normalized spacial score (nSPS) is 28.2. The van der Waals surface area contributed by atoms with Gasteiger partial charge in [-0.1, -0.05) is 46.9 Å². The maximum Gasteiger partial charge on any atom is 0.338 e. The number of hydrogen-bond acceptors (Lipinski definition) is 6. The first kappa shape index (κ1) is 16.7. The third-order valence-electron chi connectivity index (χ3n) is 4.22. The molecule has 23 heavy (non-hydrogen) atoms. The molecule has 1 fully saturated rings. The number of aryl methyl sites for hydroxylation is 1. The highest BCUT2D eigenvalue weighted by Crippen LogP contribution is 2.49. The minimum absolute atomic E-state index is 0.0446. The van der Waals surface area contributed by atoms with Crippen LogP contribution in [0.3, 0.4) is 0 Å². The van der Waals surface area contributed by atoms with Gasteiger partial charge in [0.15, 0.2) is 12.2 Å². The monoisotopic (exact) mass is 432 g/mol. The number of carbonyl (C=O) groups excluding carboxylic acids is 2. The van der Waals surface area contributed by atoms with Gasteiger partial charge in [-0.25, -0.2) is 9.59 Å². The minimum atomic E-state index is -1.15. The number of alkyl halides is 1. The Morgan fingerprint density at radius 3 is 2.26 bits per heavy atom. The molecule has 3 rings (SSSR count). The summed E-state index contributed by atoms with van der Waals surface area (Å²) in [7, 11) is 2.50. The maximum absolute atomic E-state index is 12.1. The molecule has 1 spiro atoms. The molecule has 2 aliphatic rings. The van der Waals surface area contributed by atoms with Gasteiger partial charge in [0.1, 0.15) is 0 Å². The highest BCUT2D eigenvalue weighted by molar-refractivity contribution is 14.1. The Morgan fingerprint density at radius 1 is 1.13 bits per heavy atom. The van der Waals surface area contributed by atoms with Gasteiger partial charge in [0.25, 0.3) is 0 Å². The maximum atomic E-state index is 12.1. The topological polar surface area (TPSA) is 71.1 Å². The average molecular weight is 432 g/mol. The van der Waals surface area contributed by atoms with Gasteiger partial charge < -0.3 is 18.9 Å². The standard InChI is InChI=1S/C16H17IO6/c1-20-14(18)12-13(15(19)21-2)23-16(22-12)10-6-4-3-5-9(10)7-8-11(16)17/h3-6,11-13H,7-8H2,1-2H3/t11-,12-,13-/m1/s1. The van der Waals surface area contributed by atoms with Crippen molar-refractivity contribution in [3.63, 3.8) is 0 Å². The van der Waals surface area contributed by atoms with E-state index in [-0.39, 0.29) is 3.92 Å². The SMILES string of the molecule is COC(=O)[C@@H]1OC2(O[C@H]1C(=O)OC)c1ccccc1CC[C@H]2I. The molecule has 7 heteroatoms. The fourth-order valence-corrected chi connectivity index (χ4v) is 4.04. The van der Waals surface area contributed by atoms with Crippen LogP contribution in [0.15, 0.2) is 24.3 Å². The summed E-state index contributed by atoms with van der Waals surface area (Å²) in [4.78, 5) is 24.1. The Balaban J connectivity index is 2.06. The highest BCUT2D eigenvalue weighted by atomic mass is 127. The van der Waals surface area contributed by atoms with Crippen molar-refractivity contribution < 1.29 is 28.5 Å². The van der Waals surface area contributed by atoms with E-state index < -0.39 is 29.9 Å². The van der Waals surface area contributed by atoms with Crippen LogP contribution < -0.4 is 0 Å². The number of ether oxygens (including phenoxy) is 4. The van der Waals surface area contributed by atoms with E-state index in [9.17, 15) is 9.59 Å². The van der Waals surface area contributed by atoms with Crippen LogP contribution in [0.25, 0.3) is 0 Å². The summed E-state index contributed by atoms with van der Waals surface area (Å²) in [5.41, 5.74) is 1.94. The first-order valence-electron chi connectivity index (χ1n) is 7.27. The lowest BCUT2D eigenvalue weighted by Crippen LogP contribution is -2.42. The van der Waals surface area contributed by atoms with Gasteiger partial charge in [-0.15, -0.1) is 0 Å². The number of fused-ring (bicyclic) bond motifs is 2. The van der Waals surface area contributed by atoms with Crippen molar-refractivity contribution in [2.45, 2.75) is 34.8 Å². The molecule has 1 aliphatic carbocycles. The van der Waals surface area contributed by atoms with Gasteiger partial charge in [0.05, 0.1) is 18.1 Å². The third-order valence-corrected chi connectivity index (χ3v) is 5.66. The van der Waals surface area contributed by atoms with E-state index in [0.29, 0.717) is 0 Å². The van der Waals surface area contributed by atoms with Crippen LogP contribution in [0.4, 0.5) is 0 Å². The van der Waals surface area contributed by atoms with E-state index in [2.05, 4.69) is 22.6 Å². The van der Waals surface area contributed by atoms with Crippen LogP contribution in [0.1, 0.15) is 17.5 Å². The fraction of sp³-hybridized carbons (Fsp3) is 0.500. The van der Waals surface area contributed by atoms with Crippen LogP contribution in [0, 0.1) is 0 Å². The first-order valence-corrected chi connectivity index (χ1v) is 8.52. The summed E-state index contributed by atoms with van der Waals surface area (Å²) >= 11 is 2.25. The molecule has 0 bridgehead atoms. The Morgan fingerprint density at radius 2 is 1.70 bits per heavy atom. The molecule has 0 aromatic heterocycles. The number of rotatable bonds is 2. The smallest absolute Gasteiger partial charge is 0.338 e. The molecule has 0 unspecified atom stereocenters. The van der Waals surface area contributed by atoms with E-state index >= 15 is 0 Å². The highest BCUT2D eigenvalue weighted by Gasteiger charge is 2.59. The summed E-state index contributed by atoms with van der Waals surface area (Å²) < 4.78 is 21.5. The average Bonchev–Trinajstić information content (AvgIpc) is 2.99. The van der Waals surface area contributed by atoms with Crippen LogP contribution in [0.2, 0.25) is 0 Å². The predicted molar refractivity (Wildman–Crippen MR) is 88.0 cm³/mol. The Bertz CT molecular complexity index is 607. The molecule has 0 N–H and O–H groups in total. The first-order chi connectivity index (χ1) is 11.0. The molecule has 1 aliphatic heterocycles. The van der Waals surface area contributed by atoms with E-state index in [4.69, 9.17) is 18.9 Å². The number of benzene rings is 1. The summed E-state index contributed by atoms with van der Waals surface area (Å²) in [5, 5.41) is 0. The third kappa shape index (κ3) is 2.64. The van der Waals surface area contributed by atoms with Gasteiger partial charge in [-0.3, -0.25) is 0 Å². The molecule has 3 atom stereocenters. The summed E-state index contributed by atoms with van der Waals surface area (Å²) in [5.74, 6) is -2.44. The van der Waals surface area contributed by atoms with Crippen molar-refractivity contribution in [1.82, 2.24) is 0 Å². The van der Waals surface area contributed by atoms with Crippen molar-refractivity contribution in [2.75, 3.05) is 14.2 Å². The number of esters is 2. The summed E-state index contributed by atoms with van der Waals surface area (Å²) in [6, 6.07) is 7.75.